The molecule has 0 aliphatic heterocycles. The van der Waals surface area contributed by atoms with Crippen molar-refractivity contribution < 1.29 is 9.47 Å². The van der Waals surface area contributed by atoms with Crippen LogP contribution in [0, 0.1) is 0 Å². The van der Waals surface area contributed by atoms with Gasteiger partial charge in [-0.2, -0.15) is 0 Å². The molecule has 4 nitrogen and oxygen atoms in total. The summed E-state index contributed by atoms with van der Waals surface area (Å²) in [7, 11) is 1.58. The molecule has 0 bridgehead atoms. The Labute approximate surface area is 123 Å². The van der Waals surface area contributed by atoms with E-state index in [1.54, 1.807) is 13.2 Å². The third-order valence-electron chi connectivity index (χ3n) is 2.85. The molecule has 0 fully saturated rings. The maximum Gasteiger partial charge on any atom is 0.213 e. The van der Waals surface area contributed by atoms with Gasteiger partial charge in [0.2, 0.25) is 5.88 Å². The van der Waals surface area contributed by atoms with Crippen molar-refractivity contribution in [2.75, 3.05) is 7.11 Å². The van der Waals surface area contributed by atoms with Gasteiger partial charge in [0.1, 0.15) is 12.4 Å². The summed E-state index contributed by atoms with van der Waals surface area (Å²) in [5.41, 5.74) is 7.55. The number of rotatable bonds is 5. The van der Waals surface area contributed by atoms with Crippen molar-refractivity contribution in [3.05, 3.63) is 52.7 Å². The zero-order valence-electron chi connectivity index (χ0n) is 11.5. The van der Waals surface area contributed by atoms with Gasteiger partial charge in [-0.15, -0.1) is 0 Å². The summed E-state index contributed by atoms with van der Waals surface area (Å²) in [6.07, 6.45) is 0. The lowest BCUT2D eigenvalue weighted by Crippen LogP contribution is -2.05. The second kappa shape index (κ2) is 6.59. The fourth-order valence-electron chi connectivity index (χ4n) is 1.72. The van der Waals surface area contributed by atoms with Crippen LogP contribution in [0.5, 0.6) is 11.6 Å². The molecule has 0 amide bonds. The van der Waals surface area contributed by atoms with Crippen molar-refractivity contribution >= 4 is 11.6 Å². The van der Waals surface area contributed by atoms with Crippen LogP contribution in [0.2, 0.25) is 5.02 Å². The molecule has 0 aliphatic rings. The Kier molecular flexibility index (Phi) is 4.82. The minimum atomic E-state index is -0.0541. The molecule has 2 rings (SSSR count). The van der Waals surface area contributed by atoms with Crippen LogP contribution in [-0.4, -0.2) is 12.1 Å². The second-order valence-electron chi connectivity index (χ2n) is 4.44. The van der Waals surface area contributed by atoms with Gasteiger partial charge < -0.3 is 15.2 Å². The number of aromatic nitrogens is 1. The lowest BCUT2D eigenvalue weighted by atomic mass is 10.1. The number of ether oxygens (including phenoxy) is 2. The van der Waals surface area contributed by atoms with E-state index in [1.807, 2.05) is 37.3 Å². The Morgan fingerprint density at radius 2 is 2.10 bits per heavy atom. The maximum absolute atomic E-state index is 6.17. The minimum Gasteiger partial charge on any atom is -0.486 e. The average molecular weight is 293 g/mol. The lowest BCUT2D eigenvalue weighted by molar-refractivity contribution is 0.298. The third kappa shape index (κ3) is 3.62. The fourth-order valence-corrected chi connectivity index (χ4v) is 1.96. The zero-order chi connectivity index (χ0) is 14.5. The van der Waals surface area contributed by atoms with Gasteiger partial charge in [-0.25, -0.2) is 4.98 Å². The molecule has 0 radical (unpaired) electrons. The van der Waals surface area contributed by atoms with Crippen molar-refractivity contribution in [3.63, 3.8) is 0 Å². The summed E-state index contributed by atoms with van der Waals surface area (Å²) < 4.78 is 10.7. The van der Waals surface area contributed by atoms with E-state index in [-0.39, 0.29) is 6.04 Å². The first-order valence-corrected chi connectivity index (χ1v) is 6.65. The van der Waals surface area contributed by atoms with Crippen LogP contribution in [0.3, 0.4) is 0 Å². The van der Waals surface area contributed by atoms with E-state index in [0.717, 1.165) is 11.3 Å². The van der Waals surface area contributed by atoms with Gasteiger partial charge in [-0.3, -0.25) is 0 Å². The second-order valence-corrected chi connectivity index (χ2v) is 4.85. The van der Waals surface area contributed by atoms with Gasteiger partial charge in [0.15, 0.2) is 0 Å². The molecule has 0 saturated heterocycles. The van der Waals surface area contributed by atoms with Gasteiger partial charge in [-0.05, 0) is 30.7 Å². The van der Waals surface area contributed by atoms with Crippen molar-refractivity contribution in [1.29, 1.82) is 0 Å². The molecule has 2 aromatic rings. The first kappa shape index (κ1) is 14.6. The predicted molar refractivity (Wildman–Crippen MR) is 79.2 cm³/mol. The lowest BCUT2D eigenvalue weighted by Gasteiger charge is -2.11. The molecule has 0 unspecified atom stereocenters. The number of benzene rings is 1. The molecule has 20 heavy (non-hydrogen) atoms. The zero-order valence-corrected chi connectivity index (χ0v) is 12.2. The van der Waals surface area contributed by atoms with E-state index in [0.29, 0.717) is 23.3 Å². The molecule has 5 heteroatoms. The maximum atomic E-state index is 6.17. The Bertz CT molecular complexity index is 588. The van der Waals surface area contributed by atoms with E-state index < -0.39 is 0 Å². The average Bonchev–Trinajstić information content (AvgIpc) is 2.46. The largest absolute Gasteiger partial charge is 0.486 e. The molecule has 0 saturated carbocycles. The highest BCUT2D eigenvalue weighted by molar-refractivity contribution is 6.32. The van der Waals surface area contributed by atoms with Crippen LogP contribution in [-0.2, 0) is 6.61 Å². The number of halogens is 1. The van der Waals surface area contributed by atoms with Crippen LogP contribution >= 0.6 is 11.6 Å². The summed E-state index contributed by atoms with van der Waals surface area (Å²) in [6, 6.07) is 11.0. The van der Waals surface area contributed by atoms with Crippen molar-refractivity contribution in [1.82, 2.24) is 4.98 Å². The first-order chi connectivity index (χ1) is 9.60. The van der Waals surface area contributed by atoms with E-state index in [4.69, 9.17) is 26.8 Å². The Balaban J connectivity index is 2.07. The van der Waals surface area contributed by atoms with Gasteiger partial charge in [0.05, 0.1) is 17.8 Å². The molecular formula is C15H17ClN2O2. The molecule has 1 aromatic carbocycles. The summed E-state index contributed by atoms with van der Waals surface area (Å²) in [6.45, 7) is 2.24. The molecule has 0 aliphatic carbocycles. The SMILES string of the molecule is COc1cccc(COc2ccc([C@@H](C)N)cc2Cl)n1. The standard InChI is InChI=1S/C15H17ClN2O2/c1-10(17)11-6-7-14(13(16)8-11)20-9-12-4-3-5-15(18-12)19-2/h3-8,10H,9,17H2,1-2H3/t10-/m1/s1. The Hall–Kier alpha value is -1.78. The first-order valence-electron chi connectivity index (χ1n) is 6.28. The van der Waals surface area contributed by atoms with Gasteiger partial charge in [-0.1, -0.05) is 23.7 Å². The van der Waals surface area contributed by atoms with Crippen LogP contribution in [0.4, 0.5) is 0 Å². The number of hydrogen-bond acceptors (Lipinski definition) is 4. The van der Waals surface area contributed by atoms with Crippen molar-refractivity contribution in [2.24, 2.45) is 5.73 Å². The summed E-state index contributed by atoms with van der Waals surface area (Å²) in [5, 5.41) is 0.544. The monoisotopic (exact) mass is 292 g/mol. The van der Waals surface area contributed by atoms with Crippen LogP contribution in [0.15, 0.2) is 36.4 Å². The smallest absolute Gasteiger partial charge is 0.213 e. The Morgan fingerprint density at radius 3 is 2.75 bits per heavy atom. The highest BCUT2D eigenvalue weighted by atomic mass is 35.5. The van der Waals surface area contributed by atoms with E-state index >= 15 is 0 Å². The van der Waals surface area contributed by atoms with E-state index in [1.165, 1.54) is 0 Å². The molecule has 1 atom stereocenters. The van der Waals surface area contributed by atoms with Crippen LogP contribution in [0.25, 0.3) is 0 Å². The van der Waals surface area contributed by atoms with Crippen LogP contribution < -0.4 is 15.2 Å². The summed E-state index contributed by atoms with van der Waals surface area (Å²) in [5.74, 6) is 1.17. The van der Waals surface area contributed by atoms with E-state index in [2.05, 4.69) is 4.98 Å². The molecule has 1 aromatic heterocycles. The quantitative estimate of drug-likeness (QED) is 0.918. The summed E-state index contributed by atoms with van der Waals surface area (Å²) in [4.78, 5) is 4.27. The molecule has 1 heterocycles. The number of methoxy groups -OCH3 is 1. The molecular weight excluding hydrogens is 276 g/mol. The van der Waals surface area contributed by atoms with Crippen LogP contribution in [0.1, 0.15) is 24.2 Å². The summed E-state index contributed by atoms with van der Waals surface area (Å²) >= 11 is 6.17. The minimum absolute atomic E-state index is 0.0541. The number of hydrogen-bond donors (Lipinski definition) is 1. The van der Waals surface area contributed by atoms with Gasteiger partial charge in [0, 0.05) is 12.1 Å². The number of nitrogens with zero attached hydrogens (tertiary/aromatic N) is 1. The van der Waals surface area contributed by atoms with Gasteiger partial charge in [0.25, 0.3) is 0 Å². The highest BCUT2D eigenvalue weighted by Crippen LogP contribution is 2.28. The van der Waals surface area contributed by atoms with Crippen molar-refractivity contribution in [2.45, 2.75) is 19.6 Å². The molecule has 0 spiro atoms. The highest BCUT2D eigenvalue weighted by Gasteiger charge is 2.07. The Morgan fingerprint density at radius 1 is 1.30 bits per heavy atom. The third-order valence-corrected chi connectivity index (χ3v) is 3.14. The van der Waals surface area contributed by atoms with Crippen molar-refractivity contribution in [3.8, 4) is 11.6 Å². The normalized spacial score (nSPS) is 12.0. The topological polar surface area (TPSA) is 57.4 Å². The van der Waals surface area contributed by atoms with E-state index in [9.17, 15) is 0 Å². The predicted octanol–water partition coefficient (Wildman–Crippen LogP) is 3.34. The number of nitrogens with two attached hydrogens (primary N) is 1. The number of pyridine rings is 1. The molecule has 106 valence electrons. The molecule has 2 N–H and O–H groups in total. The fraction of sp³-hybridized carbons (Fsp3) is 0.267. The van der Waals surface area contributed by atoms with Gasteiger partial charge >= 0.3 is 0 Å².